The van der Waals surface area contributed by atoms with Gasteiger partial charge in [0.1, 0.15) is 5.75 Å². The molecule has 3 nitrogen and oxygen atoms in total. The Balaban J connectivity index is 1.80. The summed E-state index contributed by atoms with van der Waals surface area (Å²) < 4.78 is 0. The van der Waals surface area contributed by atoms with Gasteiger partial charge in [0.2, 0.25) is 5.91 Å². The van der Waals surface area contributed by atoms with E-state index in [1.807, 2.05) is 0 Å². The topological polar surface area (TPSA) is 49.3 Å². The molecular weight excluding hydrogens is 238 g/mol. The molecule has 1 aliphatic rings. The number of benzene rings is 1. The monoisotopic (exact) mass is 261 g/mol. The lowest BCUT2D eigenvalue weighted by Gasteiger charge is -2.21. The van der Waals surface area contributed by atoms with Crippen LogP contribution in [0.1, 0.15) is 50.5 Å². The normalized spacial score (nSPS) is 17.5. The number of rotatable bonds is 3. The molecule has 104 valence electrons. The van der Waals surface area contributed by atoms with E-state index in [2.05, 4.69) is 5.32 Å². The van der Waals surface area contributed by atoms with Crippen LogP contribution < -0.4 is 5.32 Å². The standard InChI is InChI=1S/C16H23NO2/c18-15-10-8-13(9-11-15)12-16(19)17-14-6-4-2-1-3-5-7-14/h8-11,14,18H,1-7,12H2,(H,17,19). The Bertz CT molecular complexity index is 392. The van der Waals surface area contributed by atoms with Gasteiger partial charge >= 0.3 is 0 Å². The van der Waals surface area contributed by atoms with Crippen molar-refractivity contribution in [2.75, 3.05) is 0 Å². The van der Waals surface area contributed by atoms with E-state index in [0.29, 0.717) is 12.5 Å². The molecule has 0 aliphatic heterocycles. The Kier molecular flexibility index (Phi) is 5.25. The molecule has 1 fully saturated rings. The van der Waals surface area contributed by atoms with Gasteiger partial charge in [-0.1, -0.05) is 44.2 Å². The lowest BCUT2D eigenvalue weighted by molar-refractivity contribution is -0.121. The zero-order chi connectivity index (χ0) is 13.5. The van der Waals surface area contributed by atoms with Crippen LogP contribution in [0.4, 0.5) is 0 Å². The second-order valence-electron chi connectivity index (χ2n) is 5.45. The second-order valence-corrected chi connectivity index (χ2v) is 5.45. The van der Waals surface area contributed by atoms with Crippen molar-refractivity contribution in [1.29, 1.82) is 0 Å². The van der Waals surface area contributed by atoms with Crippen LogP contribution in [-0.4, -0.2) is 17.1 Å². The van der Waals surface area contributed by atoms with Crippen molar-refractivity contribution in [3.05, 3.63) is 29.8 Å². The van der Waals surface area contributed by atoms with E-state index in [4.69, 9.17) is 0 Å². The molecule has 0 bridgehead atoms. The Morgan fingerprint density at radius 2 is 1.63 bits per heavy atom. The highest BCUT2D eigenvalue weighted by Gasteiger charge is 2.14. The first-order chi connectivity index (χ1) is 9.24. The maximum atomic E-state index is 12.0. The van der Waals surface area contributed by atoms with Crippen molar-refractivity contribution in [3.63, 3.8) is 0 Å². The average Bonchev–Trinajstić information content (AvgIpc) is 2.35. The van der Waals surface area contributed by atoms with Crippen molar-refractivity contribution in [2.45, 2.75) is 57.4 Å². The summed E-state index contributed by atoms with van der Waals surface area (Å²) in [5, 5.41) is 12.4. The number of amides is 1. The summed E-state index contributed by atoms with van der Waals surface area (Å²) in [6.07, 6.45) is 9.01. The van der Waals surface area contributed by atoms with Crippen LogP contribution in [0.5, 0.6) is 5.75 Å². The molecule has 3 heteroatoms. The third-order valence-electron chi connectivity index (χ3n) is 3.77. The molecule has 1 aliphatic carbocycles. The van der Waals surface area contributed by atoms with Gasteiger partial charge < -0.3 is 10.4 Å². The third-order valence-corrected chi connectivity index (χ3v) is 3.77. The number of hydrogen-bond donors (Lipinski definition) is 2. The van der Waals surface area contributed by atoms with Gasteiger partial charge in [-0.3, -0.25) is 4.79 Å². The molecule has 1 aromatic carbocycles. The number of phenols is 1. The first-order valence-corrected chi connectivity index (χ1v) is 7.31. The second kappa shape index (κ2) is 7.17. The highest BCUT2D eigenvalue weighted by molar-refractivity contribution is 5.78. The van der Waals surface area contributed by atoms with E-state index in [9.17, 15) is 9.90 Å². The minimum Gasteiger partial charge on any atom is -0.508 e. The van der Waals surface area contributed by atoms with E-state index in [0.717, 1.165) is 18.4 Å². The Hall–Kier alpha value is -1.51. The first-order valence-electron chi connectivity index (χ1n) is 7.31. The Morgan fingerprint density at radius 1 is 1.05 bits per heavy atom. The SMILES string of the molecule is O=C(Cc1ccc(O)cc1)NC1CCCCCCC1. The molecule has 0 heterocycles. The van der Waals surface area contributed by atoms with Gasteiger partial charge in [-0.05, 0) is 30.5 Å². The average molecular weight is 261 g/mol. The lowest BCUT2D eigenvalue weighted by Crippen LogP contribution is -2.36. The smallest absolute Gasteiger partial charge is 0.224 e. The molecular formula is C16H23NO2. The van der Waals surface area contributed by atoms with Crippen LogP contribution in [0, 0.1) is 0 Å². The molecule has 1 saturated carbocycles. The summed E-state index contributed by atoms with van der Waals surface area (Å²) in [6, 6.07) is 7.20. The fourth-order valence-corrected chi connectivity index (χ4v) is 2.68. The van der Waals surface area contributed by atoms with Gasteiger partial charge in [0.15, 0.2) is 0 Å². The minimum atomic E-state index is 0.0938. The van der Waals surface area contributed by atoms with Crippen molar-refractivity contribution in [1.82, 2.24) is 5.32 Å². The molecule has 0 unspecified atom stereocenters. The highest BCUT2D eigenvalue weighted by atomic mass is 16.3. The molecule has 0 spiro atoms. The predicted octanol–water partition coefficient (Wildman–Crippen LogP) is 3.16. The fourth-order valence-electron chi connectivity index (χ4n) is 2.68. The minimum absolute atomic E-state index is 0.0938. The van der Waals surface area contributed by atoms with E-state index >= 15 is 0 Å². The molecule has 2 rings (SSSR count). The molecule has 0 radical (unpaired) electrons. The molecule has 0 saturated heterocycles. The summed E-state index contributed by atoms with van der Waals surface area (Å²) >= 11 is 0. The quantitative estimate of drug-likeness (QED) is 0.878. The summed E-state index contributed by atoms with van der Waals surface area (Å²) in [5.74, 6) is 0.334. The van der Waals surface area contributed by atoms with Gasteiger partial charge in [0.05, 0.1) is 6.42 Å². The highest BCUT2D eigenvalue weighted by Crippen LogP contribution is 2.17. The van der Waals surface area contributed by atoms with E-state index in [-0.39, 0.29) is 11.7 Å². The number of carbonyl (C=O) groups excluding carboxylic acids is 1. The molecule has 1 aromatic rings. The number of nitrogens with one attached hydrogen (secondary N) is 1. The Labute approximate surface area is 115 Å². The lowest BCUT2D eigenvalue weighted by atomic mass is 9.96. The summed E-state index contributed by atoms with van der Waals surface area (Å²) in [7, 11) is 0. The third kappa shape index (κ3) is 4.93. The van der Waals surface area contributed by atoms with Crippen LogP contribution in [0.2, 0.25) is 0 Å². The number of hydrogen-bond acceptors (Lipinski definition) is 2. The van der Waals surface area contributed by atoms with Gasteiger partial charge in [-0.2, -0.15) is 0 Å². The first kappa shape index (κ1) is 13.9. The maximum absolute atomic E-state index is 12.0. The maximum Gasteiger partial charge on any atom is 0.224 e. The number of aromatic hydroxyl groups is 1. The van der Waals surface area contributed by atoms with Crippen molar-refractivity contribution in [2.24, 2.45) is 0 Å². The number of phenolic OH excluding ortho intramolecular Hbond substituents is 1. The molecule has 0 aromatic heterocycles. The van der Waals surface area contributed by atoms with Gasteiger partial charge in [0, 0.05) is 6.04 Å². The van der Waals surface area contributed by atoms with Crippen LogP contribution in [0.25, 0.3) is 0 Å². The molecule has 0 atom stereocenters. The van der Waals surface area contributed by atoms with E-state index in [1.54, 1.807) is 24.3 Å². The molecule has 1 amide bonds. The van der Waals surface area contributed by atoms with Crippen LogP contribution >= 0.6 is 0 Å². The predicted molar refractivity (Wildman–Crippen MR) is 76.1 cm³/mol. The molecule has 2 N–H and O–H groups in total. The van der Waals surface area contributed by atoms with Crippen molar-refractivity contribution >= 4 is 5.91 Å². The van der Waals surface area contributed by atoms with Crippen molar-refractivity contribution < 1.29 is 9.90 Å². The zero-order valence-electron chi connectivity index (χ0n) is 11.4. The van der Waals surface area contributed by atoms with E-state index < -0.39 is 0 Å². The van der Waals surface area contributed by atoms with Gasteiger partial charge in [-0.25, -0.2) is 0 Å². The number of carbonyl (C=O) groups is 1. The summed E-state index contributed by atoms with van der Waals surface area (Å²) in [5.41, 5.74) is 0.946. The molecule has 19 heavy (non-hydrogen) atoms. The van der Waals surface area contributed by atoms with Crippen LogP contribution in [-0.2, 0) is 11.2 Å². The van der Waals surface area contributed by atoms with Gasteiger partial charge in [0.25, 0.3) is 0 Å². The Morgan fingerprint density at radius 3 is 2.26 bits per heavy atom. The fraction of sp³-hybridized carbons (Fsp3) is 0.562. The summed E-state index contributed by atoms with van der Waals surface area (Å²) in [4.78, 5) is 12.0. The zero-order valence-corrected chi connectivity index (χ0v) is 11.4. The van der Waals surface area contributed by atoms with Crippen molar-refractivity contribution in [3.8, 4) is 5.75 Å². The largest absolute Gasteiger partial charge is 0.508 e. The van der Waals surface area contributed by atoms with Crippen LogP contribution in [0.3, 0.4) is 0 Å². The van der Waals surface area contributed by atoms with E-state index in [1.165, 1.54) is 32.1 Å². The van der Waals surface area contributed by atoms with Crippen LogP contribution in [0.15, 0.2) is 24.3 Å². The summed E-state index contributed by atoms with van der Waals surface area (Å²) in [6.45, 7) is 0. The van der Waals surface area contributed by atoms with Gasteiger partial charge in [-0.15, -0.1) is 0 Å².